The van der Waals surface area contributed by atoms with Crippen molar-refractivity contribution < 1.29 is 14.3 Å². The fourth-order valence-electron chi connectivity index (χ4n) is 4.04. The fraction of sp³-hybridized carbons (Fsp3) is 0.400. The van der Waals surface area contributed by atoms with Crippen LogP contribution in [0.15, 0.2) is 36.8 Å². The third-order valence-corrected chi connectivity index (χ3v) is 7.12. The summed E-state index contributed by atoms with van der Waals surface area (Å²) in [6.45, 7) is 9.01. The smallest absolute Gasteiger partial charge is 0.411 e. The zero-order chi connectivity index (χ0) is 24.5. The lowest BCUT2D eigenvalue weighted by Gasteiger charge is -2.38. The second-order valence-corrected chi connectivity index (χ2v) is 11.4. The van der Waals surface area contributed by atoms with Crippen LogP contribution in [0.3, 0.4) is 0 Å². The molecule has 1 atom stereocenters. The lowest BCUT2D eigenvalue weighted by molar-refractivity contribution is 0.0178. The minimum absolute atomic E-state index is 0.278. The van der Waals surface area contributed by atoms with Crippen molar-refractivity contribution >= 4 is 40.6 Å². The Morgan fingerprint density at radius 2 is 2.00 bits per heavy atom. The van der Waals surface area contributed by atoms with E-state index in [0.29, 0.717) is 29.9 Å². The second kappa shape index (κ2) is 10.2. The number of rotatable bonds is 5. The van der Waals surface area contributed by atoms with Crippen LogP contribution in [0.1, 0.15) is 58.8 Å². The second-order valence-electron chi connectivity index (χ2n) is 9.23. The van der Waals surface area contributed by atoms with Gasteiger partial charge in [0.2, 0.25) is 0 Å². The maximum absolute atomic E-state index is 13.2. The Bertz CT molecular complexity index is 1190. The topological polar surface area (TPSA) is 64.6 Å². The number of aromatic nitrogens is 2. The molecule has 34 heavy (non-hydrogen) atoms. The van der Waals surface area contributed by atoms with Gasteiger partial charge in [0.1, 0.15) is 17.1 Å². The summed E-state index contributed by atoms with van der Waals surface area (Å²) in [4.78, 5) is 25.2. The monoisotopic (exact) mass is 519 g/mol. The maximum Gasteiger partial charge on any atom is 0.411 e. The van der Waals surface area contributed by atoms with E-state index >= 15 is 0 Å². The molecule has 9 heteroatoms. The summed E-state index contributed by atoms with van der Waals surface area (Å²) in [7, 11) is 0. The molecule has 0 N–H and O–H groups in total. The van der Waals surface area contributed by atoms with Gasteiger partial charge in [-0.05, 0) is 69.0 Å². The lowest BCUT2D eigenvalue weighted by atomic mass is 9.88. The van der Waals surface area contributed by atoms with Crippen LogP contribution in [0.2, 0.25) is 10.2 Å². The molecule has 0 fully saturated rings. The van der Waals surface area contributed by atoms with Gasteiger partial charge in [0.15, 0.2) is 0 Å². The summed E-state index contributed by atoms with van der Waals surface area (Å²) in [6.07, 6.45) is 3.49. The van der Waals surface area contributed by atoms with Gasteiger partial charge in [0, 0.05) is 33.1 Å². The van der Waals surface area contributed by atoms with E-state index in [1.165, 1.54) is 11.9 Å². The maximum atomic E-state index is 13.2. The number of halogens is 2. The number of nitrogens with zero attached hydrogens (tertiary/aromatic N) is 3. The van der Waals surface area contributed by atoms with Crippen LogP contribution in [-0.4, -0.2) is 33.1 Å². The molecule has 0 saturated carbocycles. The molecule has 0 saturated heterocycles. The highest BCUT2D eigenvalue weighted by atomic mass is 35.5. The molecule has 2 aromatic heterocycles. The summed E-state index contributed by atoms with van der Waals surface area (Å²) in [5.41, 5.74) is 3.44. The van der Waals surface area contributed by atoms with Crippen LogP contribution in [0.4, 0.5) is 4.79 Å². The predicted molar refractivity (Wildman–Crippen MR) is 135 cm³/mol. The van der Waals surface area contributed by atoms with Crippen LogP contribution >= 0.6 is 34.5 Å². The van der Waals surface area contributed by atoms with Crippen LogP contribution in [0, 0.1) is 6.92 Å². The van der Waals surface area contributed by atoms with Gasteiger partial charge in [0.05, 0.1) is 19.3 Å². The quantitative estimate of drug-likeness (QED) is 0.348. The number of fused-ring (bicyclic) bond motifs is 1. The SMILES string of the molecule is Cc1sc(COCc2cncnc2Cl)cc1[C@H]1c2cc(Cl)ccc2CCN1C(=O)OC(C)(C)C. The van der Waals surface area contributed by atoms with Gasteiger partial charge in [-0.1, -0.05) is 29.3 Å². The molecule has 1 aliphatic rings. The van der Waals surface area contributed by atoms with Crippen molar-refractivity contribution in [3.63, 3.8) is 0 Å². The van der Waals surface area contributed by atoms with Gasteiger partial charge in [-0.2, -0.15) is 0 Å². The minimum Gasteiger partial charge on any atom is -0.444 e. The minimum atomic E-state index is -0.582. The number of hydrogen-bond acceptors (Lipinski definition) is 6. The fourth-order valence-corrected chi connectivity index (χ4v) is 5.38. The summed E-state index contributed by atoms with van der Waals surface area (Å²) in [6, 6.07) is 7.75. The summed E-state index contributed by atoms with van der Waals surface area (Å²) in [5.74, 6) is 0. The number of ether oxygens (including phenoxy) is 2. The molecule has 4 rings (SSSR count). The predicted octanol–water partition coefficient (Wildman–Crippen LogP) is 6.75. The zero-order valence-electron chi connectivity index (χ0n) is 19.6. The van der Waals surface area contributed by atoms with Crippen molar-refractivity contribution in [2.45, 2.75) is 59.0 Å². The van der Waals surface area contributed by atoms with E-state index in [9.17, 15) is 4.79 Å². The molecule has 0 unspecified atom stereocenters. The molecule has 180 valence electrons. The highest BCUT2D eigenvalue weighted by Gasteiger charge is 2.36. The van der Waals surface area contributed by atoms with Gasteiger partial charge in [-0.15, -0.1) is 11.3 Å². The Hall–Kier alpha value is -2.19. The number of benzene rings is 1. The van der Waals surface area contributed by atoms with Crippen LogP contribution in [-0.2, 0) is 29.1 Å². The molecule has 1 amide bonds. The van der Waals surface area contributed by atoms with E-state index in [-0.39, 0.29) is 12.1 Å². The standard InChI is InChI=1S/C25H27Cl2N3O3S/c1-15-20(10-19(34-15)13-32-12-17-11-28-14-29-23(17)27)22-21-9-18(26)6-5-16(21)7-8-30(22)24(31)33-25(2,3)4/h5-6,9-11,14,22H,7-8,12-13H2,1-4H3/t22-/m0/s1. The van der Waals surface area contributed by atoms with Crippen molar-refractivity contribution in [2.24, 2.45) is 0 Å². The molecule has 6 nitrogen and oxygen atoms in total. The molecule has 0 bridgehead atoms. The number of carbonyl (C=O) groups excluding carboxylic acids is 1. The number of carbonyl (C=O) groups is 1. The van der Waals surface area contributed by atoms with Crippen molar-refractivity contribution in [3.8, 4) is 0 Å². The van der Waals surface area contributed by atoms with Gasteiger partial charge in [-0.25, -0.2) is 14.8 Å². The Balaban J connectivity index is 1.61. The zero-order valence-corrected chi connectivity index (χ0v) is 21.9. The highest BCUT2D eigenvalue weighted by Crippen LogP contribution is 2.41. The average Bonchev–Trinajstić information content (AvgIpc) is 3.13. The Morgan fingerprint density at radius 3 is 2.74 bits per heavy atom. The molecule has 1 aromatic carbocycles. The van der Waals surface area contributed by atoms with Crippen LogP contribution in [0.5, 0.6) is 0 Å². The lowest BCUT2D eigenvalue weighted by Crippen LogP contribution is -2.43. The highest BCUT2D eigenvalue weighted by molar-refractivity contribution is 7.12. The first-order chi connectivity index (χ1) is 16.1. The van der Waals surface area contributed by atoms with Crippen molar-refractivity contribution in [1.82, 2.24) is 14.9 Å². The third-order valence-electron chi connectivity index (χ3n) is 5.50. The first-order valence-corrected chi connectivity index (χ1v) is 12.6. The number of amides is 1. The van der Waals surface area contributed by atoms with E-state index in [2.05, 4.69) is 29.0 Å². The Kier molecular flexibility index (Phi) is 7.48. The molecule has 0 spiro atoms. The molecule has 3 aromatic rings. The average molecular weight is 520 g/mol. The van der Waals surface area contributed by atoms with Crippen LogP contribution in [0.25, 0.3) is 0 Å². The number of hydrogen-bond donors (Lipinski definition) is 0. The molecular weight excluding hydrogens is 493 g/mol. The van der Waals surface area contributed by atoms with Crippen molar-refractivity contribution in [3.05, 3.63) is 79.0 Å². The van der Waals surface area contributed by atoms with Gasteiger partial charge in [0.25, 0.3) is 0 Å². The first-order valence-electron chi connectivity index (χ1n) is 11.0. The third kappa shape index (κ3) is 5.71. The van der Waals surface area contributed by atoms with Gasteiger partial charge >= 0.3 is 6.09 Å². The molecule has 0 radical (unpaired) electrons. The van der Waals surface area contributed by atoms with E-state index in [0.717, 1.165) is 32.9 Å². The molecule has 0 aliphatic carbocycles. The van der Waals surface area contributed by atoms with Crippen molar-refractivity contribution in [2.75, 3.05) is 6.54 Å². The number of thiophene rings is 1. The van der Waals surface area contributed by atoms with E-state index < -0.39 is 5.60 Å². The summed E-state index contributed by atoms with van der Waals surface area (Å²) >= 11 is 14.1. The van der Waals surface area contributed by atoms with Crippen molar-refractivity contribution in [1.29, 1.82) is 0 Å². The van der Waals surface area contributed by atoms with E-state index in [4.69, 9.17) is 32.7 Å². The largest absolute Gasteiger partial charge is 0.444 e. The molecule has 1 aliphatic heterocycles. The van der Waals surface area contributed by atoms with E-state index in [1.807, 2.05) is 37.8 Å². The Labute approximate surface area is 213 Å². The van der Waals surface area contributed by atoms with Gasteiger partial charge < -0.3 is 9.47 Å². The first kappa shape index (κ1) is 24.9. The molecular formula is C25H27Cl2N3O3S. The summed E-state index contributed by atoms with van der Waals surface area (Å²) < 4.78 is 11.6. The number of aryl methyl sites for hydroxylation is 1. The van der Waals surface area contributed by atoms with E-state index in [1.54, 1.807) is 17.5 Å². The molecule has 3 heterocycles. The van der Waals surface area contributed by atoms with Gasteiger partial charge in [-0.3, -0.25) is 4.90 Å². The van der Waals surface area contributed by atoms with Crippen LogP contribution < -0.4 is 0 Å². The Morgan fingerprint density at radius 1 is 1.21 bits per heavy atom. The normalized spacial score (nSPS) is 15.8. The summed E-state index contributed by atoms with van der Waals surface area (Å²) in [5, 5.41) is 1.04.